The predicted molar refractivity (Wildman–Crippen MR) is 89.8 cm³/mol. The molecule has 2 rings (SSSR count). The predicted octanol–water partition coefficient (Wildman–Crippen LogP) is 1.43. The lowest BCUT2D eigenvalue weighted by Crippen LogP contribution is -2.39. The number of nitrogens with zero attached hydrogens (tertiary/aromatic N) is 2. The molecule has 0 bridgehead atoms. The van der Waals surface area contributed by atoms with Crippen LogP contribution in [-0.2, 0) is 21.2 Å². The highest BCUT2D eigenvalue weighted by atomic mass is 32.2. The lowest BCUT2D eigenvalue weighted by atomic mass is 10.3. The van der Waals surface area contributed by atoms with Crippen molar-refractivity contribution in [3.63, 3.8) is 0 Å². The van der Waals surface area contributed by atoms with Gasteiger partial charge in [0.05, 0.1) is 22.1 Å². The Hall–Kier alpha value is -1.77. The highest BCUT2D eigenvalue weighted by Crippen LogP contribution is 2.13. The van der Waals surface area contributed by atoms with E-state index in [1.165, 1.54) is 19.2 Å². The Labute approximate surface area is 140 Å². The maximum atomic E-state index is 12.3. The minimum absolute atomic E-state index is 0.174. The van der Waals surface area contributed by atoms with Crippen LogP contribution in [0.5, 0.6) is 0 Å². The van der Waals surface area contributed by atoms with Gasteiger partial charge in [-0.05, 0) is 19.1 Å². The van der Waals surface area contributed by atoms with E-state index in [9.17, 15) is 13.2 Å². The van der Waals surface area contributed by atoms with Crippen molar-refractivity contribution in [1.82, 2.24) is 14.6 Å². The molecule has 6 nitrogen and oxygen atoms in total. The zero-order chi connectivity index (χ0) is 16.9. The van der Waals surface area contributed by atoms with Gasteiger partial charge in [0, 0.05) is 25.4 Å². The quantitative estimate of drug-likeness (QED) is 0.817. The monoisotopic (exact) mass is 353 g/mol. The molecule has 1 aromatic carbocycles. The standard InChI is InChI=1S/C15H19N3O3S2/c1-12-17-13(11-22-12)8-9-16-15(19)10-18(2)23(20,21)14-6-4-3-5-7-14/h3-7,11H,8-10H2,1-2H3,(H,16,19). The molecule has 0 aliphatic heterocycles. The SMILES string of the molecule is Cc1nc(CCNC(=O)CN(C)S(=O)(=O)c2ccccc2)cs1. The molecule has 0 radical (unpaired) electrons. The van der Waals surface area contributed by atoms with Gasteiger partial charge in [-0.1, -0.05) is 18.2 Å². The number of aromatic nitrogens is 1. The molecule has 1 amide bonds. The van der Waals surface area contributed by atoms with Crippen molar-refractivity contribution < 1.29 is 13.2 Å². The van der Waals surface area contributed by atoms with E-state index in [1.807, 2.05) is 12.3 Å². The Bertz CT molecular complexity index is 757. The third-order valence-corrected chi connectivity index (χ3v) is 5.83. The summed E-state index contributed by atoms with van der Waals surface area (Å²) >= 11 is 1.56. The van der Waals surface area contributed by atoms with Crippen molar-refractivity contribution in [2.45, 2.75) is 18.2 Å². The van der Waals surface area contributed by atoms with Gasteiger partial charge in [-0.25, -0.2) is 13.4 Å². The molecule has 0 aliphatic carbocycles. The van der Waals surface area contributed by atoms with Crippen molar-refractivity contribution in [2.75, 3.05) is 20.1 Å². The van der Waals surface area contributed by atoms with Gasteiger partial charge < -0.3 is 5.32 Å². The van der Waals surface area contributed by atoms with E-state index in [0.717, 1.165) is 15.0 Å². The number of carbonyl (C=O) groups is 1. The molecule has 1 N–H and O–H groups in total. The van der Waals surface area contributed by atoms with Crippen LogP contribution in [0.2, 0.25) is 0 Å². The third-order valence-electron chi connectivity index (χ3n) is 3.19. The summed E-state index contributed by atoms with van der Waals surface area (Å²) in [5.41, 5.74) is 0.929. The van der Waals surface area contributed by atoms with E-state index in [4.69, 9.17) is 0 Å². The van der Waals surface area contributed by atoms with Crippen LogP contribution < -0.4 is 5.32 Å². The van der Waals surface area contributed by atoms with Gasteiger partial charge in [-0.3, -0.25) is 4.79 Å². The largest absolute Gasteiger partial charge is 0.355 e. The van der Waals surface area contributed by atoms with Gasteiger partial charge in [0.15, 0.2) is 0 Å². The Balaban J connectivity index is 1.84. The summed E-state index contributed by atoms with van der Waals surface area (Å²) in [6.45, 7) is 2.14. The Morgan fingerprint density at radius 1 is 1.30 bits per heavy atom. The molecule has 0 atom stereocenters. The first-order valence-electron chi connectivity index (χ1n) is 7.08. The van der Waals surface area contributed by atoms with Gasteiger partial charge in [0.1, 0.15) is 0 Å². The van der Waals surface area contributed by atoms with Crippen molar-refractivity contribution >= 4 is 27.3 Å². The number of hydrogen-bond acceptors (Lipinski definition) is 5. The van der Waals surface area contributed by atoms with Crippen molar-refractivity contribution in [3.8, 4) is 0 Å². The van der Waals surface area contributed by atoms with E-state index in [0.29, 0.717) is 13.0 Å². The summed E-state index contributed by atoms with van der Waals surface area (Å²) in [4.78, 5) is 16.4. The molecule has 0 saturated carbocycles. The zero-order valence-corrected chi connectivity index (χ0v) is 14.7. The summed E-state index contributed by atoms with van der Waals surface area (Å²) in [5, 5.41) is 5.65. The van der Waals surface area contributed by atoms with Crippen molar-refractivity contribution in [3.05, 3.63) is 46.4 Å². The van der Waals surface area contributed by atoms with Crippen LogP contribution in [0.15, 0.2) is 40.6 Å². The average Bonchev–Trinajstić information content (AvgIpc) is 2.93. The van der Waals surface area contributed by atoms with Crippen LogP contribution in [0.4, 0.5) is 0 Å². The smallest absolute Gasteiger partial charge is 0.243 e. The molecule has 8 heteroatoms. The maximum Gasteiger partial charge on any atom is 0.243 e. The molecule has 2 aromatic rings. The number of hydrogen-bond donors (Lipinski definition) is 1. The van der Waals surface area contributed by atoms with E-state index in [1.54, 1.807) is 29.5 Å². The maximum absolute atomic E-state index is 12.3. The number of aryl methyl sites for hydroxylation is 1. The van der Waals surface area contributed by atoms with Gasteiger partial charge in [0.2, 0.25) is 15.9 Å². The highest BCUT2D eigenvalue weighted by molar-refractivity contribution is 7.89. The topological polar surface area (TPSA) is 79.4 Å². The molecular weight excluding hydrogens is 334 g/mol. The van der Waals surface area contributed by atoms with Gasteiger partial charge in [-0.15, -0.1) is 11.3 Å². The lowest BCUT2D eigenvalue weighted by molar-refractivity contribution is -0.121. The summed E-state index contributed by atoms with van der Waals surface area (Å²) in [6.07, 6.45) is 0.630. The van der Waals surface area contributed by atoms with E-state index < -0.39 is 10.0 Å². The van der Waals surface area contributed by atoms with Crippen molar-refractivity contribution in [1.29, 1.82) is 0 Å². The van der Waals surface area contributed by atoms with Gasteiger partial charge in [-0.2, -0.15) is 4.31 Å². The molecule has 0 unspecified atom stereocenters. The van der Waals surface area contributed by atoms with Crippen LogP contribution in [0.25, 0.3) is 0 Å². The fraction of sp³-hybridized carbons (Fsp3) is 0.333. The first-order valence-corrected chi connectivity index (χ1v) is 9.40. The molecule has 0 spiro atoms. The first-order chi connectivity index (χ1) is 10.9. The number of rotatable bonds is 7. The number of nitrogens with one attached hydrogen (secondary N) is 1. The van der Waals surface area contributed by atoms with E-state index in [-0.39, 0.29) is 17.3 Å². The lowest BCUT2D eigenvalue weighted by Gasteiger charge is -2.16. The molecule has 1 heterocycles. The van der Waals surface area contributed by atoms with Crippen molar-refractivity contribution in [2.24, 2.45) is 0 Å². The summed E-state index contributed by atoms with van der Waals surface area (Å²) in [5.74, 6) is -0.334. The number of likely N-dealkylation sites (N-methyl/N-ethyl adjacent to an activating group) is 1. The molecule has 0 saturated heterocycles. The van der Waals surface area contributed by atoms with Crippen LogP contribution in [-0.4, -0.2) is 43.8 Å². The molecule has 1 aromatic heterocycles. The summed E-state index contributed by atoms with van der Waals surface area (Å²) in [6, 6.07) is 8.06. The number of thiazole rings is 1. The van der Waals surface area contributed by atoms with E-state index >= 15 is 0 Å². The normalized spacial score (nSPS) is 11.6. The van der Waals surface area contributed by atoms with Gasteiger partial charge >= 0.3 is 0 Å². The fourth-order valence-corrected chi connectivity index (χ4v) is 3.76. The zero-order valence-electron chi connectivity index (χ0n) is 13.0. The molecule has 0 fully saturated rings. The third kappa shape index (κ3) is 4.85. The van der Waals surface area contributed by atoms with E-state index in [2.05, 4.69) is 10.3 Å². The average molecular weight is 353 g/mol. The second-order valence-corrected chi connectivity index (χ2v) is 8.14. The first kappa shape index (κ1) is 17.6. The van der Waals surface area contributed by atoms with Crippen LogP contribution in [0.1, 0.15) is 10.7 Å². The van der Waals surface area contributed by atoms with Crippen LogP contribution in [0.3, 0.4) is 0 Å². The van der Waals surface area contributed by atoms with Gasteiger partial charge in [0.25, 0.3) is 0 Å². The summed E-state index contributed by atoms with van der Waals surface area (Å²) in [7, 11) is -2.25. The number of carbonyl (C=O) groups excluding carboxylic acids is 1. The van der Waals surface area contributed by atoms with Crippen LogP contribution in [0, 0.1) is 6.92 Å². The molecular formula is C15H19N3O3S2. The minimum Gasteiger partial charge on any atom is -0.355 e. The van der Waals surface area contributed by atoms with Crippen LogP contribution >= 0.6 is 11.3 Å². The summed E-state index contributed by atoms with van der Waals surface area (Å²) < 4.78 is 25.7. The Morgan fingerprint density at radius 2 is 2.00 bits per heavy atom. The number of sulfonamides is 1. The second-order valence-electron chi connectivity index (χ2n) is 5.03. The molecule has 0 aliphatic rings. The Morgan fingerprint density at radius 3 is 2.61 bits per heavy atom. The minimum atomic E-state index is -3.65. The number of benzene rings is 1. The molecule has 23 heavy (non-hydrogen) atoms. The second kappa shape index (κ2) is 7.67. The Kier molecular flexibility index (Phi) is 5.86. The fourth-order valence-electron chi connectivity index (χ4n) is 1.97. The highest BCUT2D eigenvalue weighted by Gasteiger charge is 2.22. The molecule has 124 valence electrons. The number of amides is 1.